The molecule has 4 aromatic rings. The minimum Gasteiger partial charge on any atom is -0.341 e. The van der Waals surface area contributed by atoms with E-state index in [2.05, 4.69) is 64.3 Å². The van der Waals surface area contributed by atoms with E-state index in [1.807, 2.05) is 24.5 Å². The Hall–Kier alpha value is -2.36. The molecule has 4 rings (SSSR count). The van der Waals surface area contributed by atoms with Crippen molar-refractivity contribution >= 4 is 34.2 Å². The van der Waals surface area contributed by atoms with Crippen molar-refractivity contribution in [2.75, 3.05) is 0 Å². The molecule has 2 heterocycles. The first-order valence-electron chi connectivity index (χ1n) is 8.46. The van der Waals surface area contributed by atoms with Crippen LogP contribution in [0.1, 0.15) is 18.1 Å². The van der Waals surface area contributed by atoms with E-state index in [-0.39, 0.29) is 12.4 Å². The van der Waals surface area contributed by atoms with Gasteiger partial charge in [-0.25, -0.2) is 0 Å². The van der Waals surface area contributed by atoms with Crippen molar-refractivity contribution in [2.24, 2.45) is 0 Å². The molecule has 0 bridgehead atoms. The smallest absolute Gasteiger partial charge is 0.0491 e. The van der Waals surface area contributed by atoms with Crippen LogP contribution in [-0.2, 0) is 19.6 Å². The first kappa shape index (κ1) is 17.5. The molecular weight excluding hydrogens is 330 g/mol. The topological polar surface area (TPSA) is 29.9 Å². The van der Waals surface area contributed by atoms with Gasteiger partial charge in [-0.3, -0.25) is 4.98 Å². The normalized spacial score (nSPS) is 10.9. The van der Waals surface area contributed by atoms with Crippen molar-refractivity contribution in [1.29, 1.82) is 0 Å². The number of nitrogens with zero attached hydrogens (tertiary/aromatic N) is 2. The summed E-state index contributed by atoms with van der Waals surface area (Å²) >= 11 is 0. The van der Waals surface area contributed by atoms with E-state index in [9.17, 15) is 0 Å². The summed E-state index contributed by atoms with van der Waals surface area (Å²) in [7, 11) is 0. The molecule has 3 nitrogen and oxygen atoms in total. The van der Waals surface area contributed by atoms with Crippen LogP contribution in [0.2, 0.25) is 0 Å². The molecule has 25 heavy (non-hydrogen) atoms. The van der Waals surface area contributed by atoms with Gasteiger partial charge in [0.15, 0.2) is 0 Å². The second-order valence-electron chi connectivity index (χ2n) is 6.07. The number of nitrogens with one attached hydrogen (secondary N) is 1. The predicted octanol–water partition coefficient (Wildman–Crippen LogP) is 4.92. The molecule has 0 fully saturated rings. The Morgan fingerprint density at radius 1 is 0.840 bits per heavy atom. The van der Waals surface area contributed by atoms with Crippen LogP contribution in [0.15, 0.2) is 67.0 Å². The molecule has 0 aliphatic heterocycles. The average Bonchev–Trinajstić information content (AvgIpc) is 2.96. The van der Waals surface area contributed by atoms with Gasteiger partial charge in [-0.2, -0.15) is 0 Å². The minimum absolute atomic E-state index is 0. The van der Waals surface area contributed by atoms with Crippen molar-refractivity contribution in [1.82, 2.24) is 14.9 Å². The number of aromatic nitrogens is 2. The lowest BCUT2D eigenvalue weighted by Crippen LogP contribution is -2.12. The van der Waals surface area contributed by atoms with Gasteiger partial charge in [0.05, 0.1) is 0 Å². The second-order valence-corrected chi connectivity index (χ2v) is 6.07. The highest BCUT2D eigenvalue weighted by Gasteiger charge is 2.09. The zero-order valence-electron chi connectivity index (χ0n) is 14.3. The maximum atomic E-state index is 4.06. The molecule has 0 saturated heterocycles. The quantitative estimate of drug-likeness (QED) is 0.553. The summed E-state index contributed by atoms with van der Waals surface area (Å²) in [6, 6.07) is 19.6. The van der Waals surface area contributed by atoms with E-state index in [0.717, 1.165) is 19.6 Å². The Bertz CT molecular complexity index is 976. The Kier molecular flexibility index (Phi) is 5.37. The number of rotatable bonds is 5. The van der Waals surface area contributed by atoms with Gasteiger partial charge < -0.3 is 9.88 Å². The third-order valence-corrected chi connectivity index (χ3v) is 4.56. The molecule has 128 valence electrons. The maximum Gasteiger partial charge on any atom is 0.0491 e. The van der Waals surface area contributed by atoms with E-state index >= 15 is 0 Å². The first-order chi connectivity index (χ1) is 11.9. The number of benzene rings is 2. The SMILES string of the molecule is CCn1c2ccccc2c2cc(CNCc3ccncc3)ccc21.Cl. The van der Waals surface area contributed by atoms with Gasteiger partial charge in [0.1, 0.15) is 0 Å². The Balaban J connectivity index is 0.00000182. The Morgan fingerprint density at radius 2 is 1.56 bits per heavy atom. The van der Waals surface area contributed by atoms with Crippen molar-refractivity contribution in [3.8, 4) is 0 Å². The van der Waals surface area contributed by atoms with Crippen molar-refractivity contribution < 1.29 is 0 Å². The molecule has 0 spiro atoms. The second kappa shape index (κ2) is 7.68. The fraction of sp³-hybridized carbons (Fsp3) is 0.190. The zero-order valence-corrected chi connectivity index (χ0v) is 15.1. The molecule has 0 unspecified atom stereocenters. The van der Waals surface area contributed by atoms with Gasteiger partial charge in [0.2, 0.25) is 0 Å². The highest BCUT2D eigenvalue weighted by molar-refractivity contribution is 6.08. The molecule has 4 heteroatoms. The van der Waals surface area contributed by atoms with Crippen LogP contribution in [0, 0.1) is 0 Å². The fourth-order valence-corrected chi connectivity index (χ4v) is 3.40. The lowest BCUT2D eigenvalue weighted by molar-refractivity contribution is 0.693. The maximum absolute atomic E-state index is 4.06. The number of hydrogen-bond acceptors (Lipinski definition) is 2. The monoisotopic (exact) mass is 351 g/mol. The first-order valence-corrected chi connectivity index (χ1v) is 8.46. The molecule has 0 aliphatic rings. The Labute approximate surface area is 154 Å². The number of para-hydroxylation sites is 1. The van der Waals surface area contributed by atoms with Crippen LogP contribution in [0.3, 0.4) is 0 Å². The molecule has 2 aromatic carbocycles. The molecule has 0 atom stereocenters. The Morgan fingerprint density at radius 3 is 2.36 bits per heavy atom. The average molecular weight is 352 g/mol. The molecule has 0 aliphatic carbocycles. The molecule has 0 amide bonds. The summed E-state index contributed by atoms with van der Waals surface area (Å²) in [5.74, 6) is 0. The number of aryl methyl sites for hydroxylation is 1. The standard InChI is InChI=1S/C21H21N3.ClH/c1-2-24-20-6-4-3-5-18(20)19-13-17(7-8-21(19)24)15-23-14-16-9-11-22-12-10-16;/h3-13,23H,2,14-15H2,1H3;1H. The van der Waals surface area contributed by atoms with Gasteiger partial charge in [-0.15, -0.1) is 12.4 Å². The summed E-state index contributed by atoms with van der Waals surface area (Å²) in [6.45, 7) is 4.92. The van der Waals surface area contributed by atoms with Crippen molar-refractivity contribution in [2.45, 2.75) is 26.6 Å². The van der Waals surface area contributed by atoms with Gasteiger partial charge in [0, 0.05) is 53.8 Å². The molecule has 1 N–H and O–H groups in total. The van der Waals surface area contributed by atoms with Crippen molar-refractivity contribution in [3.05, 3.63) is 78.1 Å². The van der Waals surface area contributed by atoms with Gasteiger partial charge in [0.25, 0.3) is 0 Å². The molecule has 2 aromatic heterocycles. The predicted molar refractivity (Wildman–Crippen MR) is 107 cm³/mol. The van der Waals surface area contributed by atoms with Crippen molar-refractivity contribution in [3.63, 3.8) is 0 Å². The van der Waals surface area contributed by atoms with E-state index in [4.69, 9.17) is 0 Å². The van der Waals surface area contributed by atoms with Crippen LogP contribution in [0.25, 0.3) is 21.8 Å². The summed E-state index contributed by atoms with van der Waals surface area (Å²) in [4.78, 5) is 4.06. The highest BCUT2D eigenvalue weighted by Crippen LogP contribution is 2.29. The largest absolute Gasteiger partial charge is 0.341 e. The number of halogens is 1. The zero-order chi connectivity index (χ0) is 16.4. The van der Waals surface area contributed by atoms with Crippen LogP contribution in [0.5, 0.6) is 0 Å². The summed E-state index contributed by atoms with van der Waals surface area (Å²) in [5, 5.41) is 6.20. The number of hydrogen-bond donors (Lipinski definition) is 1. The van der Waals surface area contributed by atoms with Crippen LogP contribution >= 0.6 is 12.4 Å². The van der Waals surface area contributed by atoms with Gasteiger partial charge in [-0.1, -0.05) is 24.3 Å². The van der Waals surface area contributed by atoms with Gasteiger partial charge >= 0.3 is 0 Å². The number of fused-ring (bicyclic) bond motifs is 3. The molecular formula is C21H22ClN3. The van der Waals surface area contributed by atoms with E-state index < -0.39 is 0 Å². The van der Waals surface area contributed by atoms with Gasteiger partial charge in [-0.05, 0) is 48.4 Å². The third-order valence-electron chi connectivity index (χ3n) is 4.56. The third kappa shape index (κ3) is 3.39. The van der Waals surface area contributed by atoms with Crippen LogP contribution < -0.4 is 5.32 Å². The lowest BCUT2D eigenvalue weighted by atomic mass is 10.1. The highest BCUT2D eigenvalue weighted by atomic mass is 35.5. The summed E-state index contributed by atoms with van der Waals surface area (Å²) < 4.78 is 2.39. The fourth-order valence-electron chi connectivity index (χ4n) is 3.40. The van der Waals surface area contributed by atoms with E-state index in [1.54, 1.807) is 0 Å². The van der Waals surface area contributed by atoms with E-state index in [0.29, 0.717) is 0 Å². The summed E-state index contributed by atoms with van der Waals surface area (Å²) in [6.07, 6.45) is 3.67. The van der Waals surface area contributed by atoms with Crippen LogP contribution in [-0.4, -0.2) is 9.55 Å². The van der Waals surface area contributed by atoms with E-state index in [1.165, 1.54) is 32.9 Å². The lowest BCUT2D eigenvalue weighted by Gasteiger charge is -2.06. The van der Waals surface area contributed by atoms with Crippen LogP contribution in [0.4, 0.5) is 0 Å². The minimum atomic E-state index is 0. The molecule has 0 radical (unpaired) electrons. The molecule has 0 saturated carbocycles. The summed E-state index contributed by atoms with van der Waals surface area (Å²) in [5.41, 5.74) is 5.21. The number of pyridine rings is 1.